The van der Waals surface area contributed by atoms with Crippen molar-refractivity contribution >= 4 is 34.4 Å². The molecule has 0 aliphatic rings. The molecule has 7 heteroatoms. The minimum absolute atomic E-state index is 0.0389. The predicted molar refractivity (Wildman–Crippen MR) is 92.3 cm³/mol. The Balaban J connectivity index is 1.52. The minimum atomic E-state index is -0.593. The van der Waals surface area contributed by atoms with Crippen molar-refractivity contribution in [1.29, 1.82) is 0 Å². The molecule has 0 fully saturated rings. The lowest BCUT2D eigenvalue weighted by atomic mass is 10.2. The topological polar surface area (TPSA) is 71.3 Å². The normalized spacial score (nSPS) is 10.6. The molecule has 2 aromatic carbocycles. The number of hydrogen-bond donors (Lipinski definition) is 2. The minimum Gasteiger partial charge on any atom is -0.451 e. The monoisotopic (exact) mass is 360 g/mol. The van der Waals surface area contributed by atoms with Crippen LogP contribution in [0, 0.1) is 5.82 Å². The number of amides is 2. The van der Waals surface area contributed by atoms with E-state index in [-0.39, 0.29) is 24.4 Å². The summed E-state index contributed by atoms with van der Waals surface area (Å²) in [5.41, 5.74) is 0.519. The fourth-order valence-electron chi connectivity index (χ4n) is 2.31. The zero-order valence-electron chi connectivity index (χ0n) is 13.0. The highest BCUT2D eigenvalue weighted by Crippen LogP contribution is 2.22. The smallest absolute Gasteiger partial charge is 0.287 e. The summed E-state index contributed by atoms with van der Waals surface area (Å²) in [7, 11) is 0. The maximum absolute atomic E-state index is 13.5. The van der Waals surface area contributed by atoms with Crippen LogP contribution in [-0.2, 0) is 0 Å². The summed E-state index contributed by atoms with van der Waals surface area (Å²) < 4.78 is 18.9. The molecule has 0 unspecified atom stereocenters. The van der Waals surface area contributed by atoms with Gasteiger partial charge in [-0.3, -0.25) is 9.59 Å². The van der Waals surface area contributed by atoms with E-state index >= 15 is 0 Å². The first-order valence-electron chi connectivity index (χ1n) is 7.54. The Bertz CT molecular complexity index is 939. The lowest BCUT2D eigenvalue weighted by Gasteiger charge is -2.06. The average Bonchev–Trinajstić information content (AvgIpc) is 3.02. The van der Waals surface area contributed by atoms with Crippen LogP contribution < -0.4 is 10.6 Å². The molecule has 1 aromatic heterocycles. The van der Waals surface area contributed by atoms with Gasteiger partial charge in [0.15, 0.2) is 5.76 Å². The van der Waals surface area contributed by atoms with E-state index in [0.29, 0.717) is 10.6 Å². The first kappa shape index (κ1) is 17.0. The summed E-state index contributed by atoms with van der Waals surface area (Å²) >= 11 is 5.89. The number of benzene rings is 2. The van der Waals surface area contributed by atoms with E-state index in [4.69, 9.17) is 16.0 Å². The Morgan fingerprint density at radius 2 is 1.72 bits per heavy atom. The van der Waals surface area contributed by atoms with Crippen LogP contribution in [0.25, 0.3) is 11.0 Å². The van der Waals surface area contributed by atoms with Gasteiger partial charge in [0.05, 0.1) is 5.56 Å². The molecular weight excluding hydrogens is 347 g/mol. The largest absolute Gasteiger partial charge is 0.451 e. The predicted octanol–water partition coefficient (Wildman–Crippen LogP) is 3.39. The molecule has 25 heavy (non-hydrogen) atoms. The van der Waals surface area contributed by atoms with Gasteiger partial charge in [0.1, 0.15) is 11.4 Å². The summed E-state index contributed by atoms with van der Waals surface area (Å²) in [6, 6.07) is 12.3. The van der Waals surface area contributed by atoms with Crippen LogP contribution in [0.2, 0.25) is 5.02 Å². The molecule has 1 heterocycles. The Labute approximate surface area is 147 Å². The molecule has 2 amide bonds. The van der Waals surface area contributed by atoms with Crippen LogP contribution in [0.5, 0.6) is 0 Å². The van der Waals surface area contributed by atoms with Gasteiger partial charge in [-0.2, -0.15) is 0 Å². The summed E-state index contributed by atoms with van der Waals surface area (Å²) in [5.74, 6) is -1.39. The van der Waals surface area contributed by atoms with Crippen LogP contribution in [0.15, 0.2) is 52.9 Å². The van der Waals surface area contributed by atoms with E-state index in [1.165, 1.54) is 18.2 Å². The second kappa shape index (κ2) is 7.36. The first-order chi connectivity index (χ1) is 12.0. The van der Waals surface area contributed by atoms with Crippen molar-refractivity contribution in [2.24, 2.45) is 0 Å². The molecular formula is C18H14ClFN2O3. The zero-order valence-corrected chi connectivity index (χ0v) is 13.8. The number of hydrogen-bond acceptors (Lipinski definition) is 3. The highest BCUT2D eigenvalue weighted by Gasteiger charge is 2.13. The number of furan rings is 1. The Kier molecular flexibility index (Phi) is 5.00. The van der Waals surface area contributed by atoms with E-state index in [9.17, 15) is 14.0 Å². The lowest BCUT2D eigenvalue weighted by Crippen LogP contribution is -2.34. The molecule has 0 saturated carbocycles. The van der Waals surface area contributed by atoms with Crippen molar-refractivity contribution in [3.05, 3.63) is 70.7 Å². The highest BCUT2D eigenvalue weighted by molar-refractivity contribution is 6.31. The molecule has 3 aromatic rings. The van der Waals surface area contributed by atoms with Crippen LogP contribution in [0.3, 0.4) is 0 Å². The second-order valence-corrected chi connectivity index (χ2v) is 5.72. The number of halogens is 2. The summed E-state index contributed by atoms with van der Waals surface area (Å²) in [6.45, 7) is 0.335. The summed E-state index contributed by atoms with van der Waals surface area (Å²) in [5, 5.41) is 6.44. The molecule has 5 nitrogen and oxygen atoms in total. The van der Waals surface area contributed by atoms with Crippen molar-refractivity contribution in [3.63, 3.8) is 0 Å². The van der Waals surface area contributed by atoms with Gasteiger partial charge in [-0.15, -0.1) is 0 Å². The molecule has 0 bridgehead atoms. The first-order valence-corrected chi connectivity index (χ1v) is 7.92. The van der Waals surface area contributed by atoms with Crippen molar-refractivity contribution < 1.29 is 18.4 Å². The molecule has 0 atom stereocenters. The fourth-order valence-corrected chi connectivity index (χ4v) is 2.49. The van der Waals surface area contributed by atoms with Gasteiger partial charge in [0.2, 0.25) is 0 Å². The van der Waals surface area contributed by atoms with Gasteiger partial charge in [-0.05, 0) is 36.4 Å². The fraction of sp³-hybridized carbons (Fsp3) is 0.111. The third kappa shape index (κ3) is 3.97. The standard InChI is InChI=1S/C18H14ClFN2O3/c19-12-5-6-15-11(9-12)10-16(25-15)18(24)22-8-7-21-17(23)13-3-1-2-4-14(13)20/h1-6,9-10H,7-8H2,(H,21,23)(H,22,24). The lowest BCUT2D eigenvalue weighted by molar-refractivity contribution is 0.0911. The molecule has 0 spiro atoms. The Hall–Kier alpha value is -2.86. The highest BCUT2D eigenvalue weighted by atomic mass is 35.5. The molecule has 0 aliphatic heterocycles. The number of nitrogens with one attached hydrogen (secondary N) is 2. The second-order valence-electron chi connectivity index (χ2n) is 5.28. The van der Waals surface area contributed by atoms with E-state index in [0.717, 1.165) is 5.39 Å². The van der Waals surface area contributed by atoms with Crippen LogP contribution in [0.4, 0.5) is 4.39 Å². The quantitative estimate of drug-likeness (QED) is 0.685. The molecule has 128 valence electrons. The number of fused-ring (bicyclic) bond motifs is 1. The van der Waals surface area contributed by atoms with Gasteiger partial charge >= 0.3 is 0 Å². The summed E-state index contributed by atoms with van der Waals surface area (Å²) in [4.78, 5) is 23.9. The van der Waals surface area contributed by atoms with E-state index in [2.05, 4.69) is 10.6 Å². The zero-order chi connectivity index (χ0) is 17.8. The van der Waals surface area contributed by atoms with Gasteiger partial charge in [0.25, 0.3) is 11.8 Å². The SMILES string of the molecule is O=C(NCCNC(=O)c1ccccc1F)c1cc2cc(Cl)ccc2o1. The van der Waals surface area contributed by atoms with Gasteiger partial charge in [0, 0.05) is 23.5 Å². The Morgan fingerprint density at radius 1 is 1.00 bits per heavy atom. The van der Waals surface area contributed by atoms with Gasteiger partial charge < -0.3 is 15.1 Å². The summed E-state index contributed by atoms with van der Waals surface area (Å²) in [6.07, 6.45) is 0. The third-order valence-electron chi connectivity index (χ3n) is 3.52. The third-order valence-corrected chi connectivity index (χ3v) is 3.75. The molecule has 0 radical (unpaired) electrons. The van der Waals surface area contributed by atoms with Crippen LogP contribution >= 0.6 is 11.6 Å². The van der Waals surface area contributed by atoms with E-state index in [1.807, 2.05) is 0 Å². The Morgan fingerprint density at radius 3 is 2.48 bits per heavy atom. The average molecular weight is 361 g/mol. The molecule has 0 aliphatic carbocycles. The number of carbonyl (C=O) groups excluding carboxylic acids is 2. The van der Waals surface area contributed by atoms with Crippen molar-refractivity contribution in [2.75, 3.05) is 13.1 Å². The van der Waals surface area contributed by atoms with Crippen LogP contribution in [0.1, 0.15) is 20.9 Å². The van der Waals surface area contributed by atoms with Crippen molar-refractivity contribution in [3.8, 4) is 0 Å². The van der Waals surface area contributed by atoms with Crippen molar-refractivity contribution in [2.45, 2.75) is 0 Å². The van der Waals surface area contributed by atoms with Crippen molar-refractivity contribution in [1.82, 2.24) is 10.6 Å². The van der Waals surface area contributed by atoms with E-state index < -0.39 is 17.6 Å². The number of rotatable bonds is 5. The maximum atomic E-state index is 13.5. The maximum Gasteiger partial charge on any atom is 0.287 e. The van der Waals surface area contributed by atoms with Gasteiger partial charge in [-0.1, -0.05) is 23.7 Å². The van der Waals surface area contributed by atoms with Gasteiger partial charge in [-0.25, -0.2) is 4.39 Å². The molecule has 0 saturated heterocycles. The van der Waals surface area contributed by atoms with E-state index in [1.54, 1.807) is 30.3 Å². The van der Waals surface area contributed by atoms with Crippen LogP contribution in [-0.4, -0.2) is 24.9 Å². The molecule has 3 rings (SSSR count). The molecule has 2 N–H and O–H groups in total. The number of carbonyl (C=O) groups is 2.